The minimum absolute atomic E-state index is 0.632. The lowest BCUT2D eigenvalue weighted by molar-refractivity contribution is 0.326. The molecule has 6 rings (SSSR count). The minimum Gasteiger partial charge on any atom is -0.493 e. The molecule has 1 N–H and O–H groups in total. The van der Waals surface area contributed by atoms with Gasteiger partial charge in [-0.15, -0.1) is 0 Å². The predicted octanol–water partition coefficient (Wildman–Crippen LogP) is 4.19. The molecule has 0 radical (unpaired) electrons. The molecular formula is C25H28N4O. The molecule has 3 aliphatic heterocycles. The lowest BCUT2D eigenvalue weighted by Crippen LogP contribution is -2.47. The number of anilines is 1. The summed E-state index contributed by atoms with van der Waals surface area (Å²) in [6.07, 6.45) is 9.88. The van der Waals surface area contributed by atoms with Crippen LogP contribution in [0.5, 0.6) is 5.75 Å². The summed E-state index contributed by atoms with van der Waals surface area (Å²) < 4.78 is 8.03. The zero-order valence-corrected chi connectivity index (χ0v) is 17.4. The molecule has 4 heterocycles. The van der Waals surface area contributed by atoms with Gasteiger partial charge < -0.3 is 15.0 Å². The highest BCUT2D eigenvalue weighted by Crippen LogP contribution is 2.39. The van der Waals surface area contributed by atoms with E-state index in [0.29, 0.717) is 24.7 Å². The van der Waals surface area contributed by atoms with Crippen molar-refractivity contribution in [3.63, 3.8) is 0 Å². The fourth-order valence-electron chi connectivity index (χ4n) is 5.51. The molecular weight excluding hydrogens is 372 g/mol. The van der Waals surface area contributed by atoms with Crippen molar-refractivity contribution in [1.82, 2.24) is 15.1 Å². The predicted molar refractivity (Wildman–Crippen MR) is 120 cm³/mol. The molecule has 0 spiro atoms. The quantitative estimate of drug-likeness (QED) is 0.716. The van der Waals surface area contributed by atoms with Crippen LogP contribution in [0, 0.1) is 0 Å². The van der Waals surface area contributed by atoms with E-state index >= 15 is 0 Å². The molecule has 0 unspecified atom stereocenters. The summed E-state index contributed by atoms with van der Waals surface area (Å²) in [5.74, 6) is 0.942. The molecule has 0 aliphatic carbocycles. The maximum Gasteiger partial charge on any atom is 0.129 e. The highest BCUT2D eigenvalue weighted by molar-refractivity contribution is 5.77. The van der Waals surface area contributed by atoms with E-state index in [2.05, 4.69) is 58.8 Å². The van der Waals surface area contributed by atoms with Gasteiger partial charge in [0.2, 0.25) is 0 Å². The van der Waals surface area contributed by atoms with Gasteiger partial charge in [-0.3, -0.25) is 0 Å². The van der Waals surface area contributed by atoms with Gasteiger partial charge in [0.15, 0.2) is 0 Å². The van der Waals surface area contributed by atoms with E-state index < -0.39 is 0 Å². The van der Waals surface area contributed by atoms with Crippen LogP contribution in [-0.2, 0) is 6.42 Å². The third-order valence-electron chi connectivity index (χ3n) is 7.15. The van der Waals surface area contributed by atoms with Gasteiger partial charge >= 0.3 is 0 Å². The first-order valence-corrected chi connectivity index (χ1v) is 11.1. The molecule has 5 nitrogen and oxygen atoms in total. The van der Waals surface area contributed by atoms with Gasteiger partial charge in [0.25, 0.3) is 0 Å². The Hall–Kier alpha value is -2.79. The highest BCUT2D eigenvalue weighted by atomic mass is 16.5. The second-order valence-electron chi connectivity index (χ2n) is 8.95. The van der Waals surface area contributed by atoms with Crippen molar-refractivity contribution in [3.8, 4) is 22.6 Å². The van der Waals surface area contributed by atoms with Crippen molar-refractivity contribution >= 4 is 5.69 Å². The average Bonchev–Trinajstić information content (AvgIpc) is 3.38. The smallest absolute Gasteiger partial charge is 0.129 e. The Morgan fingerprint density at radius 2 is 1.90 bits per heavy atom. The van der Waals surface area contributed by atoms with Crippen LogP contribution in [0.2, 0.25) is 0 Å². The first-order valence-electron chi connectivity index (χ1n) is 11.1. The molecule has 0 amide bonds. The molecule has 2 saturated heterocycles. The molecule has 154 valence electrons. The number of hydrogen-bond donors (Lipinski definition) is 1. The molecule has 3 atom stereocenters. The molecule has 3 aliphatic rings. The largest absolute Gasteiger partial charge is 0.493 e. The maximum atomic E-state index is 6.16. The zero-order valence-electron chi connectivity index (χ0n) is 17.4. The summed E-state index contributed by atoms with van der Waals surface area (Å²) >= 11 is 0. The number of nitrogens with zero attached hydrogens (tertiary/aromatic N) is 3. The van der Waals surface area contributed by atoms with Crippen LogP contribution in [0.15, 0.2) is 54.9 Å². The van der Waals surface area contributed by atoms with Gasteiger partial charge in [0.05, 0.1) is 12.3 Å². The molecule has 5 heteroatoms. The monoisotopic (exact) mass is 400 g/mol. The van der Waals surface area contributed by atoms with E-state index in [1.807, 2.05) is 16.9 Å². The molecule has 30 heavy (non-hydrogen) atoms. The SMILES string of the molecule is CN(c1ccc2c(c1)CCOc1cc(-n3cccn3)ccc1-2)[C@@H]1C[C@H]2CC[C@@H](C1)N2. The van der Waals surface area contributed by atoms with Crippen LogP contribution >= 0.6 is 0 Å². The Balaban J connectivity index is 1.31. The van der Waals surface area contributed by atoms with Crippen LogP contribution < -0.4 is 15.0 Å². The summed E-state index contributed by atoms with van der Waals surface area (Å²) in [5.41, 5.74) is 6.20. The number of benzene rings is 2. The summed E-state index contributed by atoms with van der Waals surface area (Å²) in [6, 6.07) is 17.3. The third-order valence-corrected chi connectivity index (χ3v) is 7.15. The molecule has 3 aromatic rings. The van der Waals surface area contributed by atoms with E-state index in [-0.39, 0.29) is 0 Å². The first-order chi connectivity index (χ1) is 14.7. The minimum atomic E-state index is 0.632. The summed E-state index contributed by atoms with van der Waals surface area (Å²) in [4.78, 5) is 2.51. The van der Waals surface area contributed by atoms with Crippen LogP contribution in [0.25, 0.3) is 16.8 Å². The number of piperidine rings is 1. The number of rotatable bonds is 3. The van der Waals surface area contributed by atoms with Crippen molar-refractivity contribution < 1.29 is 4.74 Å². The van der Waals surface area contributed by atoms with Crippen molar-refractivity contribution in [3.05, 3.63) is 60.4 Å². The fraction of sp³-hybridized carbons (Fsp3) is 0.400. The van der Waals surface area contributed by atoms with E-state index in [4.69, 9.17) is 4.74 Å². The van der Waals surface area contributed by atoms with Crippen LogP contribution in [0.1, 0.15) is 31.2 Å². The third kappa shape index (κ3) is 3.08. The van der Waals surface area contributed by atoms with Gasteiger partial charge in [0.1, 0.15) is 5.75 Å². The maximum absolute atomic E-state index is 6.16. The fourth-order valence-corrected chi connectivity index (χ4v) is 5.51. The van der Waals surface area contributed by atoms with E-state index in [9.17, 15) is 0 Å². The van der Waals surface area contributed by atoms with Crippen molar-refractivity contribution in [1.29, 1.82) is 0 Å². The second kappa shape index (κ2) is 7.17. The van der Waals surface area contributed by atoms with Gasteiger partial charge in [-0.05, 0) is 67.1 Å². The standard InChI is InChI=1S/C25H28N4O/c1-28(22-14-18-3-4-19(15-22)27-18)20-5-7-23-17(13-20)9-12-30-25-16-21(6-8-24(23)25)29-11-2-10-26-29/h2,5-8,10-11,13,16,18-19,22,27H,3-4,9,12,14-15H2,1H3/t18-,19+,22-. The number of aromatic nitrogens is 2. The highest BCUT2D eigenvalue weighted by Gasteiger charge is 2.35. The van der Waals surface area contributed by atoms with Crippen LogP contribution in [0.4, 0.5) is 5.69 Å². The Morgan fingerprint density at radius 1 is 1.07 bits per heavy atom. The Morgan fingerprint density at radius 3 is 2.70 bits per heavy atom. The van der Waals surface area contributed by atoms with E-state index in [0.717, 1.165) is 17.9 Å². The number of fused-ring (bicyclic) bond motifs is 5. The van der Waals surface area contributed by atoms with Crippen LogP contribution in [0.3, 0.4) is 0 Å². The summed E-state index contributed by atoms with van der Waals surface area (Å²) in [7, 11) is 2.27. The lowest BCUT2D eigenvalue weighted by atomic mass is 9.95. The first kappa shape index (κ1) is 18.0. The second-order valence-corrected chi connectivity index (χ2v) is 8.95. The van der Waals surface area contributed by atoms with Gasteiger partial charge in [-0.25, -0.2) is 4.68 Å². The van der Waals surface area contributed by atoms with Gasteiger partial charge in [-0.2, -0.15) is 5.10 Å². The average molecular weight is 401 g/mol. The zero-order chi connectivity index (χ0) is 20.1. The van der Waals surface area contributed by atoms with Gasteiger partial charge in [0, 0.05) is 61.3 Å². The molecule has 2 bridgehead atoms. The summed E-state index contributed by atoms with van der Waals surface area (Å²) in [5, 5.41) is 8.11. The lowest BCUT2D eigenvalue weighted by Gasteiger charge is -2.37. The molecule has 0 saturated carbocycles. The van der Waals surface area contributed by atoms with Gasteiger partial charge in [-0.1, -0.05) is 6.07 Å². The Bertz CT molecular complexity index is 1050. The molecule has 2 fully saturated rings. The number of nitrogens with one attached hydrogen (secondary N) is 1. The van der Waals surface area contributed by atoms with E-state index in [1.54, 1.807) is 6.20 Å². The van der Waals surface area contributed by atoms with Crippen molar-refractivity contribution in [2.75, 3.05) is 18.6 Å². The normalized spacial score (nSPS) is 24.5. The number of ether oxygens (including phenoxy) is 1. The topological polar surface area (TPSA) is 42.3 Å². The molecule has 2 aromatic carbocycles. The summed E-state index contributed by atoms with van der Waals surface area (Å²) in [6.45, 7) is 0.702. The Labute approximate surface area is 177 Å². The van der Waals surface area contributed by atoms with Crippen molar-refractivity contribution in [2.24, 2.45) is 0 Å². The van der Waals surface area contributed by atoms with Crippen molar-refractivity contribution in [2.45, 2.75) is 50.2 Å². The van der Waals surface area contributed by atoms with E-state index in [1.165, 1.54) is 48.1 Å². The number of hydrogen-bond acceptors (Lipinski definition) is 4. The Kier molecular flexibility index (Phi) is 4.30. The van der Waals surface area contributed by atoms with Crippen LogP contribution in [-0.4, -0.2) is 41.6 Å². The molecule has 1 aromatic heterocycles.